The van der Waals surface area contributed by atoms with Gasteiger partial charge in [0.1, 0.15) is 0 Å². The molecule has 0 spiro atoms. The van der Waals surface area contributed by atoms with Crippen LogP contribution in [0.25, 0.3) is 0 Å². The van der Waals surface area contributed by atoms with E-state index < -0.39 is 11.7 Å². The lowest BCUT2D eigenvalue weighted by molar-refractivity contribution is -0.137. The number of aliphatic imine (C=N–C) groups is 1. The molecule has 0 saturated heterocycles. The number of hydrogen-bond donors (Lipinski definition) is 0. The molecule has 1 aromatic rings. The molecule has 0 saturated carbocycles. The number of aryl methyl sites for hydroxylation is 1. The Balaban J connectivity index is 3.11. The van der Waals surface area contributed by atoms with Crippen LogP contribution in [0.5, 0.6) is 0 Å². The Labute approximate surface area is 98.6 Å². The van der Waals surface area contributed by atoms with Crippen LogP contribution in [0.2, 0.25) is 0 Å². The van der Waals surface area contributed by atoms with E-state index in [1.807, 2.05) is 13.8 Å². The predicted molar refractivity (Wildman–Crippen MR) is 61.7 cm³/mol. The van der Waals surface area contributed by atoms with Crippen LogP contribution in [0.3, 0.4) is 0 Å². The molecule has 0 bridgehead atoms. The van der Waals surface area contributed by atoms with E-state index in [2.05, 4.69) is 9.98 Å². The molecule has 1 heterocycles. The summed E-state index contributed by atoms with van der Waals surface area (Å²) in [7, 11) is 0. The summed E-state index contributed by atoms with van der Waals surface area (Å²) in [6.07, 6.45) is -1.84. The van der Waals surface area contributed by atoms with Gasteiger partial charge in [-0.25, -0.2) is 0 Å². The minimum atomic E-state index is -4.37. The van der Waals surface area contributed by atoms with Gasteiger partial charge in [-0.3, -0.25) is 9.98 Å². The Bertz CT molecular complexity index is 422. The van der Waals surface area contributed by atoms with E-state index in [1.165, 1.54) is 0 Å². The lowest BCUT2D eigenvalue weighted by Crippen LogP contribution is -2.05. The highest BCUT2D eigenvalue weighted by Gasteiger charge is 2.31. The number of halogens is 3. The molecule has 0 fully saturated rings. The first-order valence-corrected chi connectivity index (χ1v) is 5.42. The Hall–Kier alpha value is -1.39. The fourth-order valence-electron chi connectivity index (χ4n) is 1.41. The lowest BCUT2D eigenvalue weighted by Gasteiger charge is -2.08. The summed E-state index contributed by atoms with van der Waals surface area (Å²) < 4.78 is 37.5. The second kappa shape index (κ2) is 5.29. The van der Waals surface area contributed by atoms with E-state index in [4.69, 9.17) is 0 Å². The van der Waals surface area contributed by atoms with Gasteiger partial charge in [0.2, 0.25) is 0 Å². The van der Waals surface area contributed by atoms with Crippen molar-refractivity contribution in [2.75, 3.05) is 0 Å². The van der Waals surface area contributed by atoms with Crippen molar-refractivity contribution in [2.45, 2.75) is 39.8 Å². The van der Waals surface area contributed by atoms with Crippen LogP contribution in [0, 0.1) is 6.92 Å². The average molecular weight is 244 g/mol. The van der Waals surface area contributed by atoms with Crippen LogP contribution in [0.1, 0.15) is 37.9 Å². The van der Waals surface area contributed by atoms with Crippen LogP contribution >= 0.6 is 0 Å². The third-order valence-corrected chi connectivity index (χ3v) is 2.31. The van der Waals surface area contributed by atoms with Gasteiger partial charge in [-0.1, -0.05) is 13.3 Å². The monoisotopic (exact) mass is 244 g/mol. The second-order valence-corrected chi connectivity index (χ2v) is 3.92. The summed E-state index contributed by atoms with van der Waals surface area (Å²) in [6.45, 7) is 5.46. The standard InChI is InChI=1S/C12H15F3N2/c1-4-5-8(2)17-11-6-10(12(13,14)15)7-16-9(11)3/h6-7H,4-5H2,1-3H3. The number of hydrogen-bond acceptors (Lipinski definition) is 2. The van der Waals surface area contributed by atoms with Crippen molar-refractivity contribution in [1.29, 1.82) is 0 Å². The Morgan fingerprint density at radius 1 is 1.41 bits per heavy atom. The minimum Gasteiger partial charge on any atom is -0.259 e. The van der Waals surface area contributed by atoms with Crippen molar-refractivity contribution in [3.8, 4) is 0 Å². The molecule has 17 heavy (non-hydrogen) atoms. The average Bonchev–Trinajstić information content (AvgIpc) is 2.20. The number of pyridine rings is 1. The fourth-order valence-corrected chi connectivity index (χ4v) is 1.41. The van der Waals surface area contributed by atoms with Crippen molar-refractivity contribution in [2.24, 2.45) is 4.99 Å². The quantitative estimate of drug-likeness (QED) is 0.727. The Morgan fingerprint density at radius 2 is 2.06 bits per heavy atom. The molecular weight excluding hydrogens is 229 g/mol. The molecule has 94 valence electrons. The van der Waals surface area contributed by atoms with Crippen LogP contribution in [0.4, 0.5) is 18.9 Å². The molecule has 0 amide bonds. The second-order valence-electron chi connectivity index (χ2n) is 3.92. The lowest BCUT2D eigenvalue weighted by atomic mass is 10.2. The summed E-state index contributed by atoms with van der Waals surface area (Å²) in [4.78, 5) is 7.91. The highest BCUT2D eigenvalue weighted by molar-refractivity contribution is 5.84. The zero-order valence-electron chi connectivity index (χ0n) is 10.1. The van der Waals surface area contributed by atoms with Crippen LogP contribution in [0.15, 0.2) is 17.3 Å². The van der Waals surface area contributed by atoms with Crippen molar-refractivity contribution in [3.05, 3.63) is 23.5 Å². The van der Waals surface area contributed by atoms with Gasteiger partial charge in [0.05, 0.1) is 16.9 Å². The van der Waals surface area contributed by atoms with Crippen molar-refractivity contribution >= 4 is 11.4 Å². The topological polar surface area (TPSA) is 25.2 Å². The van der Waals surface area contributed by atoms with Gasteiger partial charge in [-0.15, -0.1) is 0 Å². The van der Waals surface area contributed by atoms with Crippen LogP contribution in [-0.2, 0) is 6.18 Å². The Kier molecular flexibility index (Phi) is 4.26. The third-order valence-electron chi connectivity index (χ3n) is 2.31. The zero-order chi connectivity index (χ0) is 13.1. The first-order chi connectivity index (χ1) is 7.84. The summed E-state index contributed by atoms with van der Waals surface area (Å²) in [6, 6.07) is 1.04. The molecule has 0 aliphatic heterocycles. The normalized spacial score (nSPS) is 12.9. The molecule has 0 atom stereocenters. The SMILES string of the molecule is CCCC(C)=Nc1cc(C(F)(F)F)cnc1C. The van der Waals surface area contributed by atoms with Gasteiger partial charge < -0.3 is 0 Å². The maximum atomic E-state index is 12.5. The molecule has 1 aromatic heterocycles. The molecular formula is C12H15F3N2. The van der Waals surface area contributed by atoms with Gasteiger partial charge in [-0.2, -0.15) is 13.2 Å². The van der Waals surface area contributed by atoms with Gasteiger partial charge in [-0.05, 0) is 26.3 Å². The van der Waals surface area contributed by atoms with Crippen LogP contribution in [-0.4, -0.2) is 10.7 Å². The first-order valence-electron chi connectivity index (χ1n) is 5.42. The molecule has 2 nitrogen and oxygen atoms in total. The number of rotatable bonds is 3. The van der Waals surface area contributed by atoms with E-state index in [9.17, 15) is 13.2 Å². The number of aromatic nitrogens is 1. The smallest absolute Gasteiger partial charge is 0.259 e. The zero-order valence-corrected chi connectivity index (χ0v) is 10.1. The molecule has 0 aliphatic rings. The predicted octanol–water partition coefficient (Wildman–Crippen LogP) is 4.30. The maximum Gasteiger partial charge on any atom is 0.417 e. The van der Waals surface area contributed by atoms with E-state index in [-0.39, 0.29) is 0 Å². The molecule has 1 rings (SSSR count). The van der Waals surface area contributed by atoms with E-state index in [0.717, 1.165) is 30.8 Å². The van der Waals surface area contributed by atoms with Crippen LogP contribution < -0.4 is 0 Å². The molecule has 0 N–H and O–H groups in total. The number of alkyl halides is 3. The van der Waals surface area contributed by atoms with Crippen molar-refractivity contribution in [3.63, 3.8) is 0 Å². The van der Waals surface area contributed by atoms with Crippen molar-refractivity contribution in [1.82, 2.24) is 4.98 Å². The highest BCUT2D eigenvalue weighted by atomic mass is 19.4. The van der Waals surface area contributed by atoms with E-state index in [1.54, 1.807) is 6.92 Å². The highest BCUT2D eigenvalue weighted by Crippen LogP contribution is 2.32. The molecule has 0 aromatic carbocycles. The maximum absolute atomic E-state index is 12.5. The summed E-state index contributed by atoms with van der Waals surface area (Å²) in [5, 5.41) is 0. The largest absolute Gasteiger partial charge is 0.417 e. The molecule has 0 radical (unpaired) electrons. The van der Waals surface area contributed by atoms with Crippen molar-refractivity contribution < 1.29 is 13.2 Å². The van der Waals surface area contributed by atoms with Gasteiger partial charge in [0.15, 0.2) is 0 Å². The van der Waals surface area contributed by atoms with E-state index in [0.29, 0.717) is 11.4 Å². The van der Waals surface area contributed by atoms with E-state index >= 15 is 0 Å². The molecule has 5 heteroatoms. The van der Waals surface area contributed by atoms with Gasteiger partial charge in [0, 0.05) is 11.9 Å². The minimum absolute atomic E-state index is 0.297. The summed E-state index contributed by atoms with van der Waals surface area (Å²) in [5.41, 5.74) is 0.863. The molecule has 0 aliphatic carbocycles. The number of nitrogens with zero attached hydrogens (tertiary/aromatic N) is 2. The first kappa shape index (κ1) is 13.7. The third kappa shape index (κ3) is 3.84. The molecule has 0 unspecified atom stereocenters. The van der Waals surface area contributed by atoms with Gasteiger partial charge in [0.25, 0.3) is 0 Å². The summed E-state index contributed by atoms with van der Waals surface area (Å²) >= 11 is 0. The summed E-state index contributed by atoms with van der Waals surface area (Å²) in [5.74, 6) is 0. The Morgan fingerprint density at radius 3 is 2.59 bits per heavy atom. The fraction of sp³-hybridized carbons (Fsp3) is 0.500. The van der Waals surface area contributed by atoms with Gasteiger partial charge >= 0.3 is 6.18 Å².